The zero-order chi connectivity index (χ0) is 13.5. The smallest absolute Gasteiger partial charge is 0.305 e. The summed E-state index contributed by atoms with van der Waals surface area (Å²) in [6.45, 7) is 2.87. The third-order valence-corrected chi connectivity index (χ3v) is 2.99. The van der Waals surface area contributed by atoms with Crippen molar-refractivity contribution in [2.45, 2.75) is 26.3 Å². The first-order valence-electron chi connectivity index (χ1n) is 5.77. The molecule has 0 unspecified atom stereocenters. The van der Waals surface area contributed by atoms with Crippen molar-refractivity contribution in [2.24, 2.45) is 5.73 Å². The van der Waals surface area contributed by atoms with E-state index in [0.29, 0.717) is 26.0 Å². The van der Waals surface area contributed by atoms with Crippen LogP contribution in [0.1, 0.15) is 24.0 Å². The Morgan fingerprint density at radius 3 is 2.78 bits per heavy atom. The van der Waals surface area contributed by atoms with Crippen LogP contribution in [-0.4, -0.2) is 19.7 Å². The molecule has 0 heterocycles. The van der Waals surface area contributed by atoms with Crippen LogP contribution in [0, 0.1) is 6.92 Å². The first kappa shape index (κ1) is 15.0. The van der Waals surface area contributed by atoms with E-state index >= 15 is 0 Å². The molecule has 0 aliphatic rings. The van der Waals surface area contributed by atoms with E-state index in [0.717, 1.165) is 21.3 Å². The lowest BCUT2D eigenvalue weighted by Gasteiger charge is -2.13. The second-order valence-electron chi connectivity index (χ2n) is 3.94. The summed E-state index contributed by atoms with van der Waals surface area (Å²) in [5, 5.41) is 0. The van der Waals surface area contributed by atoms with Crippen LogP contribution >= 0.6 is 15.9 Å². The molecule has 0 atom stereocenters. The van der Waals surface area contributed by atoms with Crippen molar-refractivity contribution in [3.8, 4) is 5.75 Å². The minimum absolute atomic E-state index is 0.217. The molecule has 0 saturated heterocycles. The number of halogens is 1. The molecule has 100 valence electrons. The molecule has 0 aromatic heterocycles. The van der Waals surface area contributed by atoms with Crippen LogP contribution in [0.2, 0.25) is 0 Å². The Kier molecular flexibility index (Phi) is 6.15. The summed E-state index contributed by atoms with van der Waals surface area (Å²) in [7, 11) is 1.38. The molecule has 0 aliphatic heterocycles. The van der Waals surface area contributed by atoms with Gasteiger partial charge in [-0.05, 0) is 31.0 Å². The van der Waals surface area contributed by atoms with Crippen LogP contribution in [0.4, 0.5) is 0 Å². The number of rotatable bonds is 6. The number of hydrogen-bond acceptors (Lipinski definition) is 4. The summed E-state index contributed by atoms with van der Waals surface area (Å²) in [5.74, 6) is 0.593. The number of methoxy groups -OCH3 is 1. The highest BCUT2D eigenvalue weighted by molar-refractivity contribution is 9.10. The van der Waals surface area contributed by atoms with Crippen LogP contribution in [0.5, 0.6) is 5.75 Å². The molecule has 0 radical (unpaired) electrons. The number of nitrogens with two attached hydrogens (primary N) is 1. The standard InChI is InChI=1S/C13H18BrNO3/c1-9-6-11(14)7-10(8-15)13(9)18-5-3-4-12(16)17-2/h6-7H,3-5,8,15H2,1-2H3. The second-order valence-corrected chi connectivity index (χ2v) is 4.86. The summed E-state index contributed by atoms with van der Waals surface area (Å²) >= 11 is 3.43. The van der Waals surface area contributed by atoms with Crippen molar-refractivity contribution < 1.29 is 14.3 Å². The summed E-state index contributed by atoms with van der Waals surface area (Å²) in [6.07, 6.45) is 0.996. The molecule has 0 saturated carbocycles. The Bertz CT molecular complexity index is 421. The van der Waals surface area contributed by atoms with Crippen LogP contribution in [0.3, 0.4) is 0 Å². The van der Waals surface area contributed by atoms with Gasteiger partial charge in [-0.1, -0.05) is 15.9 Å². The summed E-state index contributed by atoms with van der Waals surface area (Å²) in [4.78, 5) is 11.0. The maximum Gasteiger partial charge on any atom is 0.305 e. The molecular formula is C13H18BrNO3. The van der Waals surface area contributed by atoms with Gasteiger partial charge in [-0.25, -0.2) is 0 Å². The zero-order valence-corrected chi connectivity index (χ0v) is 12.2. The Morgan fingerprint density at radius 2 is 2.17 bits per heavy atom. The lowest BCUT2D eigenvalue weighted by Crippen LogP contribution is -2.08. The molecule has 1 rings (SSSR count). The Hall–Kier alpha value is -1.07. The molecular weight excluding hydrogens is 298 g/mol. The molecule has 0 bridgehead atoms. The molecule has 0 spiro atoms. The fourth-order valence-electron chi connectivity index (χ4n) is 1.65. The number of esters is 1. The number of benzene rings is 1. The van der Waals surface area contributed by atoms with Gasteiger partial charge in [-0.2, -0.15) is 0 Å². The molecule has 1 aromatic rings. The predicted octanol–water partition coefficient (Wildman–Crippen LogP) is 2.55. The van der Waals surface area contributed by atoms with E-state index in [4.69, 9.17) is 10.5 Å². The highest BCUT2D eigenvalue weighted by Crippen LogP contribution is 2.27. The van der Waals surface area contributed by atoms with Crippen LogP contribution in [0.25, 0.3) is 0 Å². The van der Waals surface area contributed by atoms with Gasteiger partial charge in [0.2, 0.25) is 0 Å². The van der Waals surface area contributed by atoms with Crippen LogP contribution < -0.4 is 10.5 Å². The average molecular weight is 316 g/mol. The third kappa shape index (κ3) is 4.31. The molecule has 4 nitrogen and oxygen atoms in total. The highest BCUT2D eigenvalue weighted by Gasteiger charge is 2.08. The Balaban J connectivity index is 2.59. The minimum Gasteiger partial charge on any atom is -0.493 e. The van der Waals surface area contributed by atoms with Crippen LogP contribution in [-0.2, 0) is 16.1 Å². The zero-order valence-electron chi connectivity index (χ0n) is 10.7. The van der Waals surface area contributed by atoms with Crippen molar-refractivity contribution in [2.75, 3.05) is 13.7 Å². The second kappa shape index (κ2) is 7.38. The maximum atomic E-state index is 11.0. The van der Waals surface area contributed by atoms with Crippen LogP contribution in [0.15, 0.2) is 16.6 Å². The van der Waals surface area contributed by atoms with Gasteiger partial charge in [-0.15, -0.1) is 0 Å². The first-order valence-corrected chi connectivity index (χ1v) is 6.56. The lowest BCUT2D eigenvalue weighted by atomic mass is 10.1. The molecule has 0 aliphatic carbocycles. The highest BCUT2D eigenvalue weighted by atomic mass is 79.9. The van der Waals surface area contributed by atoms with E-state index in [9.17, 15) is 4.79 Å². The summed E-state index contributed by atoms with van der Waals surface area (Å²) in [6, 6.07) is 3.93. The number of hydrogen-bond donors (Lipinski definition) is 1. The van der Waals surface area contributed by atoms with Gasteiger partial charge in [0.05, 0.1) is 13.7 Å². The van der Waals surface area contributed by atoms with Gasteiger partial charge in [0.15, 0.2) is 0 Å². The van der Waals surface area contributed by atoms with Crippen molar-refractivity contribution in [1.29, 1.82) is 0 Å². The van der Waals surface area contributed by atoms with E-state index < -0.39 is 0 Å². The van der Waals surface area contributed by atoms with E-state index in [1.807, 2.05) is 19.1 Å². The largest absolute Gasteiger partial charge is 0.493 e. The van der Waals surface area contributed by atoms with E-state index in [1.165, 1.54) is 7.11 Å². The SMILES string of the molecule is COC(=O)CCCOc1c(C)cc(Br)cc1CN. The van der Waals surface area contributed by atoms with Crippen molar-refractivity contribution in [3.05, 3.63) is 27.7 Å². The van der Waals surface area contributed by atoms with Crippen molar-refractivity contribution in [3.63, 3.8) is 0 Å². The van der Waals surface area contributed by atoms with Crippen molar-refractivity contribution >= 4 is 21.9 Å². The molecule has 18 heavy (non-hydrogen) atoms. The fraction of sp³-hybridized carbons (Fsp3) is 0.462. The summed E-state index contributed by atoms with van der Waals surface area (Å²) in [5.41, 5.74) is 7.68. The van der Waals surface area contributed by atoms with E-state index in [-0.39, 0.29) is 5.97 Å². The Morgan fingerprint density at radius 1 is 1.44 bits per heavy atom. The van der Waals surface area contributed by atoms with Gasteiger partial charge in [-0.3, -0.25) is 4.79 Å². The molecule has 0 amide bonds. The maximum absolute atomic E-state index is 11.0. The lowest BCUT2D eigenvalue weighted by molar-refractivity contribution is -0.140. The molecule has 2 N–H and O–H groups in total. The van der Waals surface area contributed by atoms with Crippen molar-refractivity contribution in [1.82, 2.24) is 0 Å². The van der Waals surface area contributed by atoms with Gasteiger partial charge in [0.1, 0.15) is 5.75 Å². The monoisotopic (exact) mass is 315 g/mol. The predicted molar refractivity (Wildman–Crippen MR) is 73.5 cm³/mol. The van der Waals surface area contributed by atoms with E-state index in [2.05, 4.69) is 20.7 Å². The average Bonchev–Trinajstić information content (AvgIpc) is 2.35. The van der Waals surface area contributed by atoms with Gasteiger partial charge < -0.3 is 15.2 Å². The topological polar surface area (TPSA) is 61.5 Å². The molecule has 1 aromatic carbocycles. The normalized spacial score (nSPS) is 10.2. The van der Waals surface area contributed by atoms with E-state index in [1.54, 1.807) is 0 Å². The number of aryl methyl sites for hydroxylation is 1. The Labute approximate surface area is 116 Å². The number of carbonyl (C=O) groups is 1. The fourth-order valence-corrected chi connectivity index (χ4v) is 2.27. The number of carbonyl (C=O) groups excluding carboxylic acids is 1. The van der Waals surface area contributed by atoms with Gasteiger partial charge in [0, 0.05) is 23.0 Å². The first-order chi connectivity index (χ1) is 8.58. The third-order valence-electron chi connectivity index (χ3n) is 2.54. The minimum atomic E-state index is -0.217. The number of ether oxygens (including phenoxy) is 2. The quantitative estimate of drug-likeness (QED) is 0.647. The van der Waals surface area contributed by atoms with Gasteiger partial charge in [0.25, 0.3) is 0 Å². The summed E-state index contributed by atoms with van der Waals surface area (Å²) < 4.78 is 11.3. The molecule has 0 fully saturated rings. The molecule has 5 heteroatoms. The van der Waals surface area contributed by atoms with Gasteiger partial charge >= 0.3 is 5.97 Å².